The Kier molecular flexibility index (Phi) is 4.00. The number of amides is 1. The van der Waals surface area contributed by atoms with Crippen molar-refractivity contribution < 1.29 is 14.6 Å². The number of methoxy groups -OCH3 is 1. The van der Waals surface area contributed by atoms with E-state index in [9.17, 15) is 9.90 Å². The molecule has 1 unspecified atom stereocenters. The van der Waals surface area contributed by atoms with Crippen molar-refractivity contribution in [3.8, 4) is 0 Å². The van der Waals surface area contributed by atoms with Crippen molar-refractivity contribution in [3.05, 3.63) is 0 Å². The predicted molar refractivity (Wildman–Crippen MR) is 30.2 cm³/mol. The second kappa shape index (κ2) is 4.29. The summed E-state index contributed by atoms with van der Waals surface area (Å²) in [7, 11) is 1.47. The van der Waals surface area contributed by atoms with Crippen LogP contribution in [0.3, 0.4) is 0 Å². The molecular weight excluding hydrogens is 122 g/mol. The van der Waals surface area contributed by atoms with Gasteiger partial charge in [-0.3, -0.25) is 4.79 Å². The number of hydrogen-bond donors (Lipinski definition) is 1. The number of carbonyl (C=O) groups is 1. The quantitative estimate of drug-likeness (QED) is 0.549. The Morgan fingerprint density at radius 2 is 2.33 bits per heavy atom. The highest BCUT2D eigenvalue weighted by atomic mass is 16.5. The number of carbonyl (C=O) groups excluding carboxylic acids is 1. The van der Waals surface area contributed by atoms with Crippen LogP contribution < -0.4 is 5.73 Å². The smallest absolute Gasteiger partial charge is 0.250 e. The molecule has 53 valence electrons. The average molecular weight is 132 g/mol. The zero-order valence-corrected chi connectivity index (χ0v) is 5.29. The van der Waals surface area contributed by atoms with Crippen molar-refractivity contribution in [3.63, 3.8) is 0 Å². The minimum absolute atomic E-state index is 0.159. The van der Waals surface area contributed by atoms with Crippen molar-refractivity contribution in [2.24, 2.45) is 5.73 Å². The average Bonchev–Trinajstić information content (AvgIpc) is 1.82. The lowest BCUT2D eigenvalue weighted by atomic mass is 10.2. The monoisotopic (exact) mass is 132 g/mol. The third-order valence-corrected chi connectivity index (χ3v) is 0.902. The van der Waals surface area contributed by atoms with E-state index < -0.39 is 12.0 Å². The normalized spacial score (nSPS) is 13.1. The van der Waals surface area contributed by atoms with Gasteiger partial charge in [0.25, 0.3) is 0 Å². The molecule has 0 aliphatic heterocycles. The van der Waals surface area contributed by atoms with E-state index in [4.69, 9.17) is 0 Å². The fourth-order valence-corrected chi connectivity index (χ4v) is 0.367. The molecule has 9 heavy (non-hydrogen) atoms. The second-order valence-electron chi connectivity index (χ2n) is 1.67. The van der Waals surface area contributed by atoms with Crippen LogP contribution >= 0.6 is 0 Å². The van der Waals surface area contributed by atoms with Crippen LogP contribution in [0.2, 0.25) is 0 Å². The van der Waals surface area contributed by atoms with Crippen LogP contribution in [0.4, 0.5) is 0 Å². The van der Waals surface area contributed by atoms with Gasteiger partial charge >= 0.3 is 0 Å². The number of nitrogens with two attached hydrogens (primary N) is 1. The van der Waals surface area contributed by atoms with E-state index in [1.54, 1.807) is 0 Å². The minimum Gasteiger partial charge on any atom is -0.385 e. The lowest BCUT2D eigenvalue weighted by molar-refractivity contribution is -0.130. The summed E-state index contributed by atoms with van der Waals surface area (Å²) in [6, 6.07) is 0. The molecule has 0 saturated carbocycles. The standard InChI is InChI=1S/C5H10NO3/c1-9-3-2-4(7)5(6)8/h4H,2-3H2,1H3,(H2,6,8). The maximum atomic E-state index is 10.4. The van der Waals surface area contributed by atoms with Gasteiger partial charge in [-0.05, 0) is 0 Å². The molecule has 0 aromatic heterocycles. The van der Waals surface area contributed by atoms with Crippen molar-refractivity contribution in [1.82, 2.24) is 0 Å². The van der Waals surface area contributed by atoms with Gasteiger partial charge in [-0.15, -0.1) is 0 Å². The van der Waals surface area contributed by atoms with Crippen LogP contribution in [0, 0.1) is 0 Å². The first-order chi connectivity index (χ1) is 4.18. The Bertz CT molecular complexity index is 94.2. The SMILES string of the molecule is COCCC([O])C(N)=O. The number of rotatable bonds is 4. The summed E-state index contributed by atoms with van der Waals surface area (Å²) >= 11 is 0. The van der Waals surface area contributed by atoms with Gasteiger partial charge in [0.15, 0.2) is 6.10 Å². The lowest BCUT2D eigenvalue weighted by Crippen LogP contribution is -2.27. The maximum absolute atomic E-state index is 10.4. The summed E-state index contributed by atoms with van der Waals surface area (Å²) in [5, 5.41) is 10.4. The number of primary amides is 1. The molecule has 0 aliphatic carbocycles. The zero-order chi connectivity index (χ0) is 7.28. The van der Waals surface area contributed by atoms with Gasteiger partial charge in [0.1, 0.15) is 0 Å². The Morgan fingerprint density at radius 3 is 2.67 bits per heavy atom. The van der Waals surface area contributed by atoms with Crippen LogP contribution in [0.15, 0.2) is 0 Å². The summed E-state index contributed by atoms with van der Waals surface area (Å²) in [5.74, 6) is -0.813. The van der Waals surface area contributed by atoms with Gasteiger partial charge in [-0.25, -0.2) is 5.11 Å². The van der Waals surface area contributed by atoms with Gasteiger partial charge < -0.3 is 10.5 Å². The highest BCUT2D eigenvalue weighted by Gasteiger charge is 2.11. The Balaban J connectivity index is 3.27. The lowest BCUT2D eigenvalue weighted by Gasteiger charge is -2.00. The molecular formula is C5H10NO3. The molecule has 0 aromatic carbocycles. The molecule has 0 heterocycles. The molecule has 0 bridgehead atoms. The third-order valence-electron chi connectivity index (χ3n) is 0.902. The van der Waals surface area contributed by atoms with Gasteiger partial charge in [0, 0.05) is 20.1 Å². The summed E-state index contributed by atoms with van der Waals surface area (Å²) in [6.07, 6.45) is -1.16. The molecule has 0 spiro atoms. The first kappa shape index (κ1) is 8.39. The molecule has 0 saturated heterocycles. The molecule has 0 fully saturated rings. The fourth-order valence-electron chi connectivity index (χ4n) is 0.367. The van der Waals surface area contributed by atoms with Crippen LogP contribution in [-0.2, 0) is 14.6 Å². The summed E-state index contributed by atoms with van der Waals surface area (Å²) < 4.78 is 4.55. The summed E-state index contributed by atoms with van der Waals surface area (Å²) in [6.45, 7) is 0.289. The van der Waals surface area contributed by atoms with Crippen LogP contribution in [0.5, 0.6) is 0 Å². The van der Waals surface area contributed by atoms with Crippen LogP contribution in [0.25, 0.3) is 0 Å². The molecule has 2 N–H and O–H groups in total. The van der Waals surface area contributed by atoms with Gasteiger partial charge in [0.05, 0.1) is 0 Å². The van der Waals surface area contributed by atoms with E-state index in [0.717, 1.165) is 0 Å². The van der Waals surface area contributed by atoms with E-state index in [0.29, 0.717) is 0 Å². The van der Waals surface area contributed by atoms with Gasteiger partial charge in [-0.1, -0.05) is 0 Å². The van der Waals surface area contributed by atoms with Crippen molar-refractivity contribution in [2.75, 3.05) is 13.7 Å². The molecule has 4 heteroatoms. The Morgan fingerprint density at radius 1 is 1.78 bits per heavy atom. The molecule has 1 atom stereocenters. The predicted octanol–water partition coefficient (Wildman–Crippen LogP) is -0.693. The number of ether oxygens (including phenoxy) is 1. The van der Waals surface area contributed by atoms with E-state index in [1.165, 1.54) is 7.11 Å². The fraction of sp³-hybridized carbons (Fsp3) is 0.800. The largest absolute Gasteiger partial charge is 0.385 e. The topological polar surface area (TPSA) is 72.2 Å². The molecule has 1 radical (unpaired) electrons. The number of hydrogen-bond acceptors (Lipinski definition) is 2. The molecule has 0 aliphatic rings. The maximum Gasteiger partial charge on any atom is 0.250 e. The highest BCUT2D eigenvalue weighted by Crippen LogP contribution is 1.89. The molecule has 1 amide bonds. The van der Waals surface area contributed by atoms with Crippen LogP contribution in [0.1, 0.15) is 6.42 Å². The Labute approximate surface area is 53.6 Å². The minimum atomic E-state index is -1.31. The van der Waals surface area contributed by atoms with E-state index >= 15 is 0 Å². The van der Waals surface area contributed by atoms with E-state index in [-0.39, 0.29) is 13.0 Å². The van der Waals surface area contributed by atoms with Crippen molar-refractivity contribution >= 4 is 5.91 Å². The third kappa shape index (κ3) is 3.93. The van der Waals surface area contributed by atoms with Gasteiger partial charge in [-0.2, -0.15) is 0 Å². The highest BCUT2D eigenvalue weighted by molar-refractivity contribution is 5.78. The van der Waals surface area contributed by atoms with Crippen LogP contribution in [-0.4, -0.2) is 25.7 Å². The molecule has 0 rings (SSSR count). The summed E-state index contributed by atoms with van der Waals surface area (Å²) in [5.41, 5.74) is 4.67. The van der Waals surface area contributed by atoms with Crippen molar-refractivity contribution in [1.29, 1.82) is 0 Å². The molecule has 4 nitrogen and oxygen atoms in total. The van der Waals surface area contributed by atoms with E-state index in [2.05, 4.69) is 10.5 Å². The second-order valence-corrected chi connectivity index (χ2v) is 1.67. The summed E-state index contributed by atoms with van der Waals surface area (Å²) in [4.78, 5) is 10.1. The molecule has 0 aromatic rings. The van der Waals surface area contributed by atoms with Crippen molar-refractivity contribution in [2.45, 2.75) is 12.5 Å². The first-order valence-corrected chi connectivity index (χ1v) is 2.62. The van der Waals surface area contributed by atoms with Gasteiger partial charge in [0.2, 0.25) is 5.91 Å². The van der Waals surface area contributed by atoms with E-state index in [1.807, 2.05) is 0 Å². The Hall–Kier alpha value is -0.610. The first-order valence-electron chi connectivity index (χ1n) is 2.62. The zero-order valence-electron chi connectivity index (χ0n) is 5.29.